The minimum atomic E-state index is 0.623. The van der Waals surface area contributed by atoms with Gasteiger partial charge in [0.05, 0.1) is 0 Å². The highest BCUT2D eigenvalue weighted by Crippen LogP contribution is 2.11. The van der Waals surface area contributed by atoms with E-state index < -0.39 is 0 Å². The molecule has 0 amide bonds. The molecule has 2 aromatic heterocycles. The van der Waals surface area contributed by atoms with Crippen molar-refractivity contribution in [1.82, 2.24) is 19.9 Å². The number of aryl methyl sites for hydroxylation is 1. The molecule has 0 spiro atoms. The third-order valence-corrected chi connectivity index (χ3v) is 2.83. The van der Waals surface area contributed by atoms with Gasteiger partial charge in [-0.1, -0.05) is 0 Å². The van der Waals surface area contributed by atoms with E-state index in [1.54, 1.807) is 12.4 Å². The third-order valence-electron chi connectivity index (χ3n) is 2.83. The van der Waals surface area contributed by atoms with Crippen LogP contribution in [-0.2, 0) is 6.54 Å². The molecule has 2 aromatic rings. The van der Waals surface area contributed by atoms with Gasteiger partial charge in [0.15, 0.2) is 0 Å². The maximum absolute atomic E-state index is 5.62. The van der Waals surface area contributed by atoms with Crippen LogP contribution in [0.2, 0.25) is 0 Å². The summed E-state index contributed by atoms with van der Waals surface area (Å²) < 4.78 is 5.62. The van der Waals surface area contributed by atoms with Gasteiger partial charge >= 0.3 is 0 Å². The molecule has 21 heavy (non-hydrogen) atoms. The second-order valence-electron chi connectivity index (χ2n) is 5.03. The molecule has 6 heteroatoms. The predicted molar refractivity (Wildman–Crippen MR) is 82.4 cm³/mol. The van der Waals surface area contributed by atoms with Crippen molar-refractivity contribution in [3.8, 4) is 5.88 Å². The number of likely N-dealkylation sites (N-methyl/N-ethyl adjacent to an activating group) is 1. The summed E-state index contributed by atoms with van der Waals surface area (Å²) in [7, 11) is 4.03. The summed E-state index contributed by atoms with van der Waals surface area (Å²) in [5.74, 6) is 1.27. The first-order chi connectivity index (χ1) is 10.1. The quantitative estimate of drug-likeness (QED) is 0.837. The highest BCUT2D eigenvalue weighted by atomic mass is 16.5. The first kappa shape index (κ1) is 15.2. The van der Waals surface area contributed by atoms with Crippen molar-refractivity contribution in [2.45, 2.75) is 13.5 Å². The Balaban J connectivity index is 1.88. The van der Waals surface area contributed by atoms with Gasteiger partial charge in [-0.3, -0.25) is 0 Å². The molecule has 112 valence electrons. The molecule has 0 saturated heterocycles. The largest absolute Gasteiger partial charge is 0.476 e. The number of nitrogens with zero attached hydrogens (tertiary/aromatic N) is 4. The van der Waals surface area contributed by atoms with E-state index in [1.165, 1.54) is 0 Å². The van der Waals surface area contributed by atoms with Crippen molar-refractivity contribution in [3.63, 3.8) is 0 Å². The zero-order chi connectivity index (χ0) is 15.1. The fourth-order valence-electron chi connectivity index (χ4n) is 1.69. The van der Waals surface area contributed by atoms with Gasteiger partial charge in [-0.15, -0.1) is 0 Å². The van der Waals surface area contributed by atoms with Crippen molar-refractivity contribution in [2.24, 2.45) is 0 Å². The summed E-state index contributed by atoms with van der Waals surface area (Å²) in [6.07, 6.45) is 3.49. The van der Waals surface area contributed by atoms with Crippen LogP contribution >= 0.6 is 0 Å². The molecule has 0 aliphatic rings. The van der Waals surface area contributed by atoms with Crippen LogP contribution in [0.25, 0.3) is 0 Å². The number of hydrogen-bond acceptors (Lipinski definition) is 6. The Labute approximate surface area is 125 Å². The van der Waals surface area contributed by atoms with Gasteiger partial charge in [0.1, 0.15) is 6.61 Å². The van der Waals surface area contributed by atoms with Crippen molar-refractivity contribution in [3.05, 3.63) is 41.9 Å². The molecule has 0 saturated carbocycles. The summed E-state index contributed by atoms with van der Waals surface area (Å²) in [6.45, 7) is 4.06. The monoisotopic (exact) mass is 287 g/mol. The standard InChI is InChI=1S/C15H21N5O/c1-12-4-6-17-15(19-12)18-11-13-5-7-16-14(10-13)21-9-8-20(2)3/h4-7,10H,8-9,11H2,1-3H3,(H,17,18,19). The van der Waals surface area contributed by atoms with Crippen molar-refractivity contribution in [2.75, 3.05) is 32.6 Å². The SMILES string of the molecule is Cc1ccnc(NCc2ccnc(OCCN(C)C)c2)n1. The van der Waals surface area contributed by atoms with Gasteiger partial charge in [0, 0.05) is 37.2 Å². The van der Waals surface area contributed by atoms with Crippen LogP contribution in [0.5, 0.6) is 5.88 Å². The van der Waals surface area contributed by atoms with Crippen LogP contribution in [0, 0.1) is 6.92 Å². The summed E-state index contributed by atoms with van der Waals surface area (Å²) >= 11 is 0. The lowest BCUT2D eigenvalue weighted by Gasteiger charge is -2.11. The lowest BCUT2D eigenvalue weighted by atomic mass is 10.2. The van der Waals surface area contributed by atoms with Crippen LogP contribution in [-0.4, -0.2) is 47.1 Å². The highest BCUT2D eigenvalue weighted by Gasteiger charge is 2.01. The van der Waals surface area contributed by atoms with Crippen LogP contribution in [0.15, 0.2) is 30.6 Å². The van der Waals surface area contributed by atoms with E-state index in [-0.39, 0.29) is 0 Å². The van der Waals surface area contributed by atoms with Crippen molar-refractivity contribution >= 4 is 5.95 Å². The summed E-state index contributed by atoms with van der Waals surface area (Å²) in [4.78, 5) is 14.8. The van der Waals surface area contributed by atoms with Gasteiger partial charge in [0.2, 0.25) is 11.8 Å². The molecule has 2 heterocycles. The maximum atomic E-state index is 5.62. The number of nitrogens with one attached hydrogen (secondary N) is 1. The number of pyridine rings is 1. The molecule has 0 aliphatic carbocycles. The second kappa shape index (κ2) is 7.54. The van der Waals surface area contributed by atoms with Crippen LogP contribution in [0.4, 0.5) is 5.95 Å². The van der Waals surface area contributed by atoms with E-state index in [2.05, 4.69) is 25.2 Å². The lowest BCUT2D eigenvalue weighted by Crippen LogP contribution is -2.19. The molecule has 0 fully saturated rings. The predicted octanol–water partition coefficient (Wildman–Crippen LogP) is 1.73. The van der Waals surface area contributed by atoms with Crippen LogP contribution in [0.1, 0.15) is 11.3 Å². The molecule has 0 aliphatic heterocycles. The van der Waals surface area contributed by atoms with Crippen molar-refractivity contribution < 1.29 is 4.74 Å². The molecule has 0 radical (unpaired) electrons. The normalized spacial score (nSPS) is 10.7. The molecular weight excluding hydrogens is 266 g/mol. The highest BCUT2D eigenvalue weighted by molar-refractivity contribution is 5.29. The molecular formula is C15H21N5O. The van der Waals surface area contributed by atoms with E-state index in [9.17, 15) is 0 Å². The molecule has 0 atom stereocenters. The number of hydrogen-bond donors (Lipinski definition) is 1. The maximum Gasteiger partial charge on any atom is 0.223 e. The number of ether oxygens (including phenoxy) is 1. The van der Waals surface area contributed by atoms with Gasteiger partial charge in [-0.05, 0) is 38.7 Å². The zero-order valence-electron chi connectivity index (χ0n) is 12.7. The average Bonchev–Trinajstić information content (AvgIpc) is 2.45. The van der Waals surface area contributed by atoms with E-state index in [1.807, 2.05) is 39.2 Å². The molecule has 6 nitrogen and oxygen atoms in total. The topological polar surface area (TPSA) is 63.2 Å². The first-order valence-electron chi connectivity index (χ1n) is 6.89. The second-order valence-corrected chi connectivity index (χ2v) is 5.03. The molecule has 0 aromatic carbocycles. The number of aromatic nitrogens is 3. The van der Waals surface area contributed by atoms with Gasteiger partial charge in [-0.25, -0.2) is 15.0 Å². The van der Waals surface area contributed by atoms with E-state index >= 15 is 0 Å². The Morgan fingerprint density at radius 3 is 2.76 bits per heavy atom. The number of anilines is 1. The van der Waals surface area contributed by atoms with E-state index in [0.717, 1.165) is 17.8 Å². The number of rotatable bonds is 7. The Hall–Kier alpha value is -2.21. The third kappa shape index (κ3) is 5.35. The van der Waals surface area contributed by atoms with Crippen molar-refractivity contribution in [1.29, 1.82) is 0 Å². The van der Waals surface area contributed by atoms with Gasteiger partial charge in [-0.2, -0.15) is 0 Å². The summed E-state index contributed by atoms with van der Waals surface area (Å²) in [6, 6.07) is 5.74. The van der Waals surface area contributed by atoms with Crippen LogP contribution < -0.4 is 10.1 Å². The Morgan fingerprint density at radius 1 is 1.19 bits per heavy atom. The minimum Gasteiger partial charge on any atom is -0.476 e. The summed E-state index contributed by atoms with van der Waals surface area (Å²) in [5.41, 5.74) is 2.02. The Kier molecular flexibility index (Phi) is 5.45. The van der Waals surface area contributed by atoms with Crippen LogP contribution in [0.3, 0.4) is 0 Å². The Bertz CT molecular complexity index is 573. The minimum absolute atomic E-state index is 0.623. The fourth-order valence-corrected chi connectivity index (χ4v) is 1.69. The summed E-state index contributed by atoms with van der Waals surface area (Å²) in [5, 5.41) is 3.19. The zero-order valence-corrected chi connectivity index (χ0v) is 12.7. The van der Waals surface area contributed by atoms with Gasteiger partial charge in [0.25, 0.3) is 0 Å². The van der Waals surface area contributed by atoms with Gasteiger partial charge < -0.3 is 15.0 Å². The fraction of sp³-hybridized carbons (Fsp3) is 0.400. The smallest absolute Gasteiger partial charge is 0.223 e. The first-order valence-corrected chi connectivity index (χ1v) is 6.89. The Morgan fingerprint density at radius 2 is 2.00 bits per heavy atom. The lowest BCUT2D eigenvalue weighted by molar-refractivity contribution is 0.253. The molecule has 1 N–H and O–H groups in total. The van der Waals surface area contributed by atoms with E-state index in [4.69, 9.17) is 4.74 Å². The average molecular weight is 287 g/mol. The molecule has 0 unspecified atom stereocenters. The molecule has 2 rings (SSSR count). The molecule has 0 bridgehead atoms. The van der Waals surface area contributed by atoms with E-state index in [0.29, 0.717) is 25.0 Å².